The fourth-order valence-electron chi connectivity index (χ4n) is 8.78. The van der Waals surface area contributed by atoms with Crippen LogP contribution in [0, 0.1) is 5.41 Å². The van der Waals surface area contributed by atoms with Crippen LogP contribution in [0.3, 0.4) is 0 Å². The van der Waals surface area contributed by atoms with Gasteiger partial charge in [-0.2, -0.15) is 0 Å². The summed E-state index contributed by atoms with van der Waals surface area (Å²) in [6.07, 6.45) is 11.2. The lowest BCUT2D eigenvalue weighted by Crippen LogP contribution is -2.59. The van der Waals surface area contributed by atoms with Crippen LogP contribution in [0.25, 0.3) is 5.57 Å². The number of carbonyl (C=O) groups excluding carboxylic acids is 2. The second-order valence-electron chi connectivity index (χ2n) is 16.3. The van der Waals surface area contributed by atoms with Crippen molar-refractivity contribution in [2.45, 2.75) is 77.8 Å². The van der Waals surface area contributed by atoms with E-state index in [2.05, 4.69) is 57.4 Å². The predicted octanol–water partition coefficient (Wildman–Crippen LogP) is 4.00. The van der Waals surface area contributed by atoms with Crippen LogP contribution < -0.4 is 19.9 Å². The van der Waals surface area contributed by atoms with E-state index in [9.17, 15) is 14.7 Å². The van der Waals surface area contributed by atoms with Crippen molar-refractivity contribution in [2.75, 3.05) is 61.6 Å². The van der Waals surface area contributed by atoms with Gasteiger partial charge in [-0.1, -0.05) is 13.8 Å². The highest BCUT2D eigenvalue weighted by Crippen LogP contribution is 2.47. The van der Waals surface area contributed by atoms with Crippen molar-refractivity contribution in [1.29, 1.82) is 0 Å². The van der Waals surface area contributed by atoms with Gasteiger partial charge in [0.15, 0.2) is 17.4 Å². The third kappa shape index (κ3) is 6.09. The molecule has 0 spiro atoms. The monoisotopic (exact) mass is 732 g/mol. The van der Waals surface area contributed by atoms with Crippen molar-refractivity contribution in [2.24, 2.45) is 5.41 Å². The van der Waals surface area contributed by atoms with Gasteiger partial charge < -0.3 is 34.3 Å². The average molecular weight is 733 g/mol. The van der Waals surface area contributed by atoms with Gasteiger partial charge in [-0.05, 0) is 67.9 Å². The number of fused-ring (bicyclic) bond motifs is 3. The minimum atomic E-state index is -0.336. The van der Waals surface area contributed by atoms with Crippen LogP contribution in [0.4, 0.5) is 17.3 Å². The standard InChI is InChI=1S/C41H48N8O5/c1-25-19-46(28-23-53-24-28)11-12-47(25)27-5-8-36(43-18-27)44-33-15-26(20-45(4)35(33)22-51)30-9-10-42-39(32(30)21-50)49-14-13-48-34-17-41(2,3)16-31(34)38(37(48)40(49)52)54-29-6-7-29/h5,8-10,15,18,20,25,28-29,50H,6-7,11-14,16-17,19,21,23-24H2,1-4H3,(H,43,44)/t25-/m0/s1. The summed E-state index contributed by atoms with van der Waals surface area (Å²) in [4.78, 5) is 44.4. The van der Waals surface area contributed by atoms with E-state index in [-0.39, 0.29) is 24.0 Å². The molecule has 0 unspecified atom stereocenters. The van der Waals surface area contributed by atoms with Crippen LogP contribution in [0.5, 0.6) is 5.75 Å². The molecule has 9 rings (SSSR count). The Morgan fingerprint density at radius 1 is 1.09 bits per heavy atom. The number of nitrogens with zero attached hydrogens (tertiary/aromatic N) is 7. The van der Waals surface area contributed by atoms with E-state index in [0.29, 0.717) is 65.0 Å². The fourth-order valence-corrected chi connectivity index (χ4v) is 8.78. The van der Waals surface area contributed by atoms with E-state index in [1.807, 2.05) is 30.6 Å². The molecular formula is C41H48N8O5. The molecule has 2 N–H and O–H groups in total. The van der Waals surface area contributed by atoms with Crippen molar-refractivity contribution in [1.82, 2.24) is 24.3 Å². The number of allylic oxidation sites excluding steroid dienone is 2. The number of carbonyl (C=O) groups is 1. The summed E-state index contributed by atoms with van der Waals surface area (Å²) in [5.74, 6) is 3.65. The number of amides is 1. The van der Waals surface area contributed by atoms with Crippen LogP contribution in [0.15, 0.2) is 54.3 Å². The lowest BCUT2D eigenvalue weighted by atomic mass is 9.90. The molecule has 13 heteroatoms. The zero-order valence-electron chi connectivity index (χ0n) is 31.5. The molecule has 282 valence electrons. The van der Waals surface area contributed by atoms with Crippen molar-refractivity contribution < 1.29 is 24.2 Å². The van der Waals surface area contributed by atoms with Crippen LogP contribution in [-0.4, -0.2) is 106 Å². The van der Waals surface area contributed by atoms with Gasteiger partial charge in [0.05, 0.1) is 49.5 Å². The molecule has 0 radical (unpaired) electrons. The number of nitrogens with one attached hydrogen (secondary N) is 1. The number of hydrogen-bond acceptors (Lipinski definition) is 11. The summed E-state index contributed by atoms with van der Waals surface area (Å²) < 4.78 is 14.0. The van der Waals surface area contributed by atoms with Gasteiger partial charge in [-0.3, -0.25) is 14.6 Å². The Morgan fingerprint density at radius 3 is 2.61 bits per heavy atom. The quantitative estimate of drug-likeness (QED) is 0.310. The molecule has 1 saturated carbocycles. The molecule has 13 nitrogen and oxygen atoms in total. The van der Waals surface area contributed by atoms with Gasteiger partial charge >= 0.3 is 0 Å². The summed E-state index contributed by atoms with van der Waals surface area (Å²) in [6, 6.07) is 6.69. The molecule has 2 saturated heterocycles. The Morgan fingerprint density at radius 2 is 1.93 bits per heavy atom. The minimum Gasteiger partial charge on any atom is -0.488 e. The third-order valence-electron chi connectivity index (χ3n) is 11.8. The van der Waals surface area contributed by atoms with Crippen LogP contribution in [0.1, 0.15) is 66.5 Å². The number of rotatable bonds is 9. The van der Waals surface area contributed by atoms with Crippen molar-refractivity contribution >= 4 is 34.7 Å². The van der Waals surface area contributed by atoms with Gasteiger partial charge in [0.25, 0.3) is 5.91 Å². The molecule has 1 amide bonds. The molecule has 3 aromatic rings. The lowest BCUT2D eigenvalue weighted by molar-refractivity contribution is -0.0691. The zero-order valence-corrected chi connectivity index (χ0v) is 31.5. The van der Waals surface area contributed by atoms with Gasteiger partial charge in [-0.15, -0.1) is 0 Å². The van der Waals surface area contributed by atoms with E-state index in [4.69, 9.17) is 14.5 Å². The first-order chi connectivity index (χ1) is 26.1. The van der Waals surface area contributed by atoms with Crippen molar-refractivity contribution in [3.63, 3.8) is 0 Å². The maximum Gasteiger partial charge on any atom is 0.280 e. The number of hydrogen-bond donors (Lipinski definition) is 2. The third-order valence-corrected chi connectivity index (χ3v) is 11.8. The topological polar surface area (TPSA) is 129 Å². The summed E-state index contributed by atoms with van der Waals surface area (Å²) in [5, 5.41) is 14.2. The largest absolute Gasteiger partial charge is 0.488 e. The highest BCUT2D eigenvalue weighted by Gasteiger charge is 2.43. The van der Waals surface area contributed by atoms with E-state index in [0.717, 1.165) is 81.1 Å². The summed E-state index contributed by atoms with van der Waals surface area (Å²) >= 11 is 0. The highest BCUT2D eigenvalue weighted by molar-refractivity contribution is 6.08. The molecule has 0 aromatic carbocycles. The van der Waals surface area contributed by atoms with E-state index >= 15 is 0 Å². The lowest BCUT2D eigenvalue weighted by Gasteiger charge is -2.46. The number of aliphatic hydroxyl groups is 1. The number of aromatic nitrogens is 3. The summed E-state index contributed by atoms with van der Waals surface area (Å²) in [7, 11) is 1.78. The Labute approximate surface area is 315 Å². The number of ether oxygens (including phenoxy) is 2. The molecule has 4 aliphatic heterocycles. The number of aliphatic hydroxyl groups excluding tert-OH is 1. The number of pyridine rings is 2. The smallest absolute Gasteiger partial charge is 0.280 e. The van der Waals surface area contributed by atoms with E-state index < -0.39 is 0 Å². The first-order valence-electron chi connectivity index (χ1n) is 19.2. The summed E-state index contributed by atoms with van der Waals surface area (Å²) in [6.45, 7) is 12.0. The van der Waals surface area contributed by atoms with Gasteiger partial charge in [-0.25, -0.2) is 14.8 Å². The molecule has 1 atom stereocenters. The second-order valence-corrected chi connectivity index (χ2v) is 16.3. The normalized spacial score (nSPS) is 22.7. The van der Waals surface area contributed by atoms with E-state index in [1.54, 1.807) is 23.0 Å². The molecule has 3 fully saturated rings. The molecular weight excluding hydrogens is 685 g/mol. The molecule has 7 heterocycles. The minimum absolute atomic E-state index is 0.120. The summed E-state index contributed by atoms with van der Waals surface area (Å²) in [5.41, 5.74) is 6.94. The predicted molar refractivity (Wildman–Crippen MR) is 205 cm³/mol. The van der Waals surface area contributed by atoms with Crippen LogP contribution in [0.2, 0.25) is 0 Å². The average Bonchev–Trinajstić information content (AvgIpc) is 3.84. The number of likely N-dealkylation sites (N-methyl/N-ethyl adjacent to an activating group) is 1. The fraction of sp³-hybridized carbons (Fsp3) is 0.488. The molecule has 3 aromatic heterocycles. The van der Waals surface area contributed by atoms with E-state index in [1.165, 1.54) is 5.69 Å². The zero-order chi connectivity index (χ0) is 37.3. The Bertz CT molecular complexity index is 2110. The molecule has 6 aliphatic rings. The van der Waals surface area contributed by atoms with Crippen LogP contribution >= 0.6 is 0 Å². The van der Waals surface area contributed by atoms with Gasteiger partial charge in [0.2, 0.25) is 0 Å². The first kappa shape index (κ1) is 34.8. The molecule has 54 heavy (non-hydrogen) atoms. The maximum absolute atomic E-state index is 14.4. The van der Waals surface area contributed by atoms with Gasteiger partial charge in [0, 0.05) is 80.6 Å². The maximum atomic E-state index is 14.4. The number of piperazine rings is 1. The Kier molecular flexibility index (Phi) is 8.65. The highest BCUT2D eigenvalue weighted by atomic mass is 16.5. The number of anilines is 3. The SMILES string of the molecule is C[C@H]1CN(C2COC2)CCN1c1ccc(NC2=CC(c3ccnc(N4CCn5c6c(c(OC7CC7)c5C4=O)CC(C)(C)C6)c3CO)=CN(C)C2=C=O)nc1. The van der Waals surface area contributed by atoms with Crippen LogP contribution in [-0.2, 0) is 35.5 Å². The second kappa shape index (κ2) is 13.4. The molecule has 0 bridgehead atoms. The molecule has 2 aliphatic carbocycles. The Hall–Kier alpha value is -4.94. The Balaban J connectivity index is 0.979. The first-order valence-corrected chi connectivity index (χ1v) is 19.2. The van der Waals surface area contributed by atoms with Crippen molar-refractivity contribution in [3.8, 4) is 5.75 Å². The van der Waals surface area contributed by atoms with Gasteiger partial charge in [0.1, 0.15) is 17.3 Å². The van der Waals surface area contributed by atoms with Crippen molar-refractivity contribution in [3.05, 3.63) is 82.3 Å².